The van der Waals surface area contributed by atoms with E-state index in [1.807, 2.05) is 16.7 Å². The molecule has 1 N–H and O–H groups in total. The molecule has 1 unspecified atom stereocenters. The monoisotopic (exact) mass is 312 g/mol. The molecule has 1 aliphatic heterocycles. The SMILES string of the molecule is CSC1(CN2CC(=O)NC(CC(C)C)C2=O)CCCCC1. The minimum Gasteiger partial charge on any atom is -0.343 e. The molecule has 2 fully saturated rings. The Morgan fingerprint density at radius 3 is 2.52 bits per heavy atom. The number of amides is 2. The zero-order valence-electron chi connectivity index (χ0n) is 13.5. The van der Waals surface area contributed by atoms with Crippen molar-refractivity contribution in [3.05, 3.63) is 0 Å². The highest BCUT2D eigenvalue weighted by Crippen LogP contribution is 2.39. The van der Waals surface area contributed by atoms with Crippen LogP contribution in [0.3, 0.4) is 0 Å². The highest BCUT2D eigenvalue weighted by molar-refractivity contribution is 8.00. The van der Waals surface area contributed by atoms with E-state index >= 15 is 0 Å². The minimum atomic E-state index is -0.325. The standard InChI is InChI=1S/C16H28N2O2S/c1-12(2)9-13-15(20)18(10-14(19)17-13)11-16(21-3)7-5-4-6-8-16/h12-13H,4-11H2,1-3H3,(H,17,19). The molecule has 0 radical (unpaired) electrons. The lowest BCUT2D eigenvalue weighted by Crippen LogP contribution is -2.60. The van der Waals surface area contributed by atoms with Crippen molar-refractivity contribution in [1.29, 1.82) is 0 Å². The van der Waals surface area contributed by atoms with E-state index < -0.39 is 0 Å². The summed E-state index contributed by atoms with van der Waals surface area (Å²) in [4.78, 5) is 26.4. The summed E-state index contributed by atoms with van der Waals surface area (Å²) >= 11 is 1.88. The lowest BCUT2D eigenvalue weighted by atomic mass is 9.87. The van der Waals surface area contributed by atoms with Crippen molar-refractivity contribution >= 4 is 23.6 Å². The van der Waals surface area contributed by atoms with Crippen LogP contribution in [0.15, 0.2) is 0 Å². The van der Waals surface area contributed by atoms with Gasteiger partial charge in [0, 0.05) is 11.3 Å². The third-order valence-electron chi connectivity index (χ3n) is 4.66. The summed E-state index contributed by atoms with van der Waals surface area (Å²) < 4.78 is 0.161. The Bertz CT molecular complexity index is 392. The summed E-state index contributed by atoms with van der Waals surface area (Å²) in [5, 5.41) is 2.86. The number of hydrogen-bond acceptors (Lipinski definition) is 3. The van der Waals surface area contributed by atoms with Crippen LogP contribution in [0.4, 0.5) is 0 Å². The molecule has 0 aromatic carbocycles. The molecular weight excluding hydrogens is 284 g/mol. The van der Waals surface area contributed by atoms with Crippen molar-refractivity contribution in [3.8, 4) is 0 Å². The summed E-state index contributed by atoms with van der Waals surface area (Å²) in [6.07, 6.45) is 8.98. The Morgan fingerprint density at radius 2 is 1.95 bits per heavy atom. The fraction of sp³-hybridized carbons (Fsp3) is 0.875. The number of nitrogens with one attached hydrogen (secondary N) is 1. The van der Waals surface area contributed by atoms with Crippen LogP contribution in [0.25, 0.3) is 0 Å². The van der Waals surface area contributed by atoms with E-state index in [0.29, 0.717) is 5.92 Å². The van der Waals surface area contributed by atoms with E-state index in [-0.39, 0.29) is 29.1 Å². The first-order valence-electron chi connectivity index (χ1n) is 8.09. The summed E-state index contributed by atoms with van der Waals surface area (Å²) in [6, 6.07) is -0.325. The molecule has 1 aliphatic carbocycles. The van der Waals surface area contributed by atoms with Crippen LogP contribution in [-0.4, -0.2) is 46.8 Å². The Morgan fingerprint density at radius 1 is 1.29 bits per heavy atom. The van der Waals surface area contributed by atoms with Gasteiger partial charge >= 0.3 is 0 Å². The number of piperazine rings is 1. The molecule has 2 aliphatic rings. The van der Waals surface area contributed by atoms with Gasteiger partial charge in [0.05, 0.1) is 6.54 Å². The van der Waals surface area contributed by atoms with Crippen molar-refractivity contribution in [2.24, 2.45) is 5.92 Å². The number of thioether (sulfide) groups is 1. The Hall–Kier alpha value is -0.710. The van der Waals surface area contributed by atoms with Crippen LogP contribution in [0, 0.1) is 5.92 Å². The zero-order valence-corrected chi connectivity index (χ0v) is 14.3. The van der Waals surface area contributed by atoms with Crippen LogP contribution in [0.1, 0.15) is 52.4 Å². The molecule has 1 heterocycles. The van der Waals surface area contributed by atoms with Gasteiger partial charge in [-0.1, -0.05) is 33.1 Å². The molecule has 0 aromatic rings. The van der Waals surface area contributed by atoms with Crippen LogP contribution in [0.5, 0.6) is 0 Å². The van der Waals surface area contributed by atoms with Crippen molar-refractivity contribution in [2.75, 3.05) is 19.3 Å². The highest BCUT2D eigenvalue weighted by atomic mass is 32.2. The summed E-state index contributed by atoms with van der Waals surface area (Å²) in [5.41, 5.74) is 0. The molecule has 1 saturated carbocycles. The third-order valence-corrected chi connectivity index (χ3v) is 6.07. The van der Waals surface area contributed by atoms with E-state index in [1.54, 1.807) is 0 Å². The molecule has 1 atom stereocenters. The van der Waals surface area contributed by atoms with E-state index in [9.17, 15) is 9.59 Å². The van der Waals surface area contributed by atoms with Gasteiger partial charge in [-0.05, 0) is 31.4 Å². The molecule has 2 rings (SSSR count). The smallest absolute Gasteiger partial charge is 0.245 e. The number of nitrogens with zero attached hydrogens (tertiary/aromatic N) is 1. The van der Waals surface area contributed by atoms with Crippen LogP contribution < -0.4 is 5.32 Å². The molecule has 5 heteroatoms. The number of carbonyl (C=O) groups excluding carboxylic acids is 2. The maximum Gasteiger partial charge on any atom is 0.245 e. The van der Waals surface area contributed by atoms with Gasteiger partial charge in [-0.15, -0.1) is 0 Å². The number of carbonyl (C=O) groups is 2. The van der Waals surface area contributed by atoms with Crippen molar-refractivity contribution < 1.29 is 9.59 Å². The van der Waals surface area contributed by atoms with Crippen molar-refractivity contribution in [3.63, 3.8) is 0 Å². The van der Waals surface area contributed by atoms with Gasteiger partial charge in [0.25, 0.3) is 0 Å². The van der Waals surface area contributed by atoms with Gasteiger partial charge in [-0.2, -0.15) is 11.8 Å². The Kier molecular flexibility index (Phi) is 5.58. The van der Waals surface area contributed by atoms with Gasteiger partial charge in [0.15, 0.2) is 0 Å². The first kappa shape index (κ1) is 16.7. The second kappa shape index (κ2) is 7.03. The maximum atomic E-state index is 12.6. The average Bonchev–Trinajstić information content (AvgIpc) is 2.44. The zero-order chi connectivity index (χ0) is 15.5. The molecule has 0 aromatic heterocycles. The quantitative estimate of drug-likeness (QED) is 0.848. The van der Waals surface area contributed by atoms with Gasteiger partial charge in [0.2, 0.25) is 11.8 Å². The van der Waals surface area contributed by atoms with Crippen molar-refractivity contribution in [1.82, 2.24) is 10.2 Å². The summed E-state index contributed by atoms with van der Waals surface area (Å²) in [7, 11) is 0. The van der Waals surface area contributed by atoms with E-state index in [1.165, 1.54) is 19.3 Å². The Labute approximate surface area is 132 Å². The first-order chi connectivity index (χ1) is 9.96. The van der Waals surface area contributed by atoms with Gasteiger partial charge in [-0.25, -0.2) is 0 Å². The molecule has 1 saturated heterocycles. The van der Waals surface area contributed by atoms with E-state index in [0.717, 1.165) is 25.8 Å². The van der Waals surface area contributed by atoms with E-state index in [2.05, 4.69) is 25.4 Å². The molecule has 120 valence electrons. The second-order valence-electron chi connectivity index (χ2n) is 6.89. The normalized spacial score (nSPS) is 26.1. The summed E-state index contributed by atoms with van der Waals surface area (Å²) in [5.74, 6) is 0.512. The molecular formula is C16H28N2O2S. The fourth-order valence-electron chi connectivity index (χ4n) is 3.51. The Balaban J connectivity index is 2.06. The molecule has 2 amide bonds. The van der Waals surface area contributed by atoms with Crippen molar-refractivity contribution in [2.45, 2.75) is 63.2 Å². The topological polar surface area (TPSA) is 49.4 Å². The third kappa shape index (κ3) is 4.15. The average molecular weight is 312 g/mol. The maximum absolute atomic E-state index is 12.6. The van der Waals surface area contributed by atoms with E-state index in [4.69, 9.17) is 0 Å². The second-order valence-corrected chi connectivity index (χ2v) is 8.17. The number of hydrogen-bond donors (Lipinski definition) is 1. The molecule has 21 heavy (non-hydrogen) atoms. The largest absolute Gasteiger partial charge is 0.343 e. The minimum absolute atomic E-state index is 0.00712. The molecule has 0 bridgehead atoms. The van der Waals surface area contributed by atoms with Gasteiger partial charge in [-0.3, -0.25) is 9.59 Å². The number of rotatable bonds is 5. The highest BCUT2D eigenvalue weighted by Gasteiger charge is 2.39. The van der Waals surface area contributed by atoms with Crippen LogP contribution in [-0.2, 0) is 9.59 Å². The molecule has 4 nitrogen and oxygen atoms in total. The molecule has 0 spiro atoms. The van der Waals surface area contributed by atoms with Gasteiger partial charge < -0.3 is 10.2 Å². The van der Waals surface area contributed by atoms with Gasteiger partial charge in [0.1, 0.15) is 6.04 Å². The first-order valence-corrected chi connectivity index (χ1v) is 9.31. The van der Waals surface area contributed by atoms with Crippen LogP contribution >= 0.6 is 11.8 Å². The lowest BCUT2D eigenvalue weighted by Gasteiger charge is -2.42. The summed E-state index contributed by atoms with van der Waals surface area (Å²) in [6.45, 7) is 5.14. The van der Waals surface area contributed by atoms with Crippen LogP contribution in [0.2, 0.25) is 0 Å². The predicted molar refractivity (Wildman–Crippen MR) is 87.3 cm³/mol. The lowest BCUT2D eigenvalue weighted by molar-refractivity contribution is -0.145. The fourth-order valence-corrected chi connectivity index (χ4v) is 4.49. The predicted octanol–water partition coefficient (Wildman–Crippen LogP) is 2.43.